The van der Waals surface area contributed by atoms with Crippen LogP contribution in [0.25, 0.3) is 16.7 Å². The van der Waals surface area contributed by atoms with Gasteiger partial charge in [0.15, 0.2) is 0 Å². The summed E-state index contributed by atoms with van der Waals surface area (Å²) in [5.74, 6) is 1.43. The average molecular weight is 578 g/mol. The van der Waals surface area contributed by atoms with E-state index in [4.69, 9.17) is 19.6 Å². The van der Waals surface area contributed by atoms with Crippen LogP contribution in [0.5, 0.6) is 11.5 Å². The number of rotatable bonds is 12. The maximum absolute atomic E-state index is 11.5. The Hall–Kier alpha value is -4.05. The van der Waals surface area contributed by atoms with Gasteiger partial charge < -0.3 is 19.9 Å². The smallest absolute Gasteiger partial charge is 0.304 e. The molecule has 0 spiro atoms. The van der Waals surface area contributed by atoms with Crippen molar-refractivity contribution in [2.75, 3.05) is 30.5 Å². The fourth-order valence-electron chi connectivity index (χ4n) is 5.31. The fourth-order valence-corrected chi connectivity index (χ4v) is 5.96. The molecule has 1 aliphatic heterocycles. The fraction of sp³-hybridized carbons (Fsp3) is 0.355. The van der Waals surface area contributed by atoms with Gasteiger partial charge in [-0.25, -0.2) is 13.4 Å². The number of hydrogen-bond acceptors (Lipinski definition) is 7. The first-order chi connectivity index (χ1) is 19.6. The molecule has 41 heavy (non-hydrogen) atoms. The highest BCUT2D eigenvalue weighted by Gasteiger charge is 2.26. The molecule has 2 heterocycles. The largest absolute Gasteiger partial charge is 0.493 e. The summed E-state index contributed by atoms with van der Waals surface area (Å²) in [6.07, 6.45) is 2.44. The molecule has 10 heteroatoms. The van der Waals surface area contributed by atoms with Crippen molar-refractivity contribution in [3.8, 4) is 17.2 Å². The summed E-state index contributed by atoms with van der Waals surface area (Å²) in [6, 6.07) is 17.9. The van der Waals surface area contributed by atoms with Crippen LogP contribution >= 0.6 is 0 Å². The average Bonchev–Trinajstić information content (AvgIpc) is 3.51. The summed E-state index contributed by atoms with van der Waals surface area (Å²) in [7, 11) is -3.03. The van der Waals surface area contributed by atoms with Gasteiger partial charge in [0, 0.05) is 42.5 Å². The quantitative estimate of drug-likeness (QED) is 0.219. The third kappa shape index (κ3) is 6.32. The molecule has 0 saturated carbocycles. The summed E-state index contributed by atoms with van der Waals surface area (Å²) in [5.41, 5.74) is 6.82. The zero-order chi connectivity index (χ0) is 29.1. The Labute approximate surface area is 240 Å². The minimum Gasteiger partial charge on any atom is -0.493 e. The number of benzene rings is 3. The van der Waals surface area contributed by atoms with Gasteiger partial charge in [0.2, 0.25) is 0 Å². The second-order valence-electron chi connectivity index (χ2n) is 10.4. The number of para-hydroxylation sites is 1. The number of nitrogens with zero attached hydrogens (tertiary/aromatic N) is 2. The number of nitrogens with one attached hydrogen (secondary N) is 1. The number of carbonyl (C=O) groups is 1. The monoisotopic (exact) mass is 577 g/mol. The lowest BCUT2D eigenvalue weighted by molar-refractivity contribution is -0.137. The zero-order valence-corrected chi connectivity index (χ0v) is 24.3. The van der Waals surface area contributed by atoms with Crippen LogP contribution in [0.4, 0.5) is 5.69 Å². The lowest BCUT2D eigenvalue weighted by atomic mass is 9.98. The van der Waals surface area contributed by atoms with Crippen molar-refractivity contribution in [2.24, 2.45) is 0 Å². The molecule has 1 aliphatic rings. The molecule has 9 nitrogen and oxygen atoms in total. The van der Waals surface area contributed by atoms with E-state index in [2.05, 4.69) is 35.9 Å². The van der Waals surface area contributed by atoms with Gasteiger partial charge in [0.25, 0.3) is 0 Å². The van der Waals surface area contributed by atoms with Gasteiger partial charge >= 0.3 is 5.97 Å². The molecule has 1 aromatic heterocycles. The topological polar surface area (TPSA) is 120 Å². The highest BCUT2D eigenvalue weighted by atomic mass is 32.2. The van der Waals surface area contributed by atoms with Crippen molar-refractivity contribution in [3.63, 3.8) is 0 Å². The Balaban J connectivity index is 1.37. The van der Waals surface area contributed by atoms with Gasteiger partial charge in [-0.1, -0.05) is 31.2 Å². The molecule has 2 N–H and O–H groups in total. The molecule has 216 valence electrons. The van der Waals surface area contributed by atoms with Crippen molar-refractivity contribution >= 4 is 32.5 Å². The molecule has 5 rings (SSSR count). The number of ether oxygens (including phenoxy) is 2. The van der Waals surface area contributed by atoms with Gasteiger partial charge in [0.05, 0.1) is 36.6 Å². The van der Waals surface area contributed by atoms with Crippen molar-refractivity contribution in [3.05, 3.63) is 77.1 Å². The van der Waals surface area contributed by atoms with E-state index in [1.807, 2.05) is 42.5 Å². The third-order valence-corrected chi connectivity index (χ3v) is 8.44. The normalized spacial score (nSPS) is 14.6. The van der Waals surface area contributed by atoms with Crippen molar-refractivity contribution in [1.29, 1.82) is 0 Å². The first-order valence-corrected chi connectivity index (χ1v) is 15.8. The number of anilines is 1. The van der Waals surface area contributed by atoms with Crippen molar-refractivity contribution in [2.45, 2.75) is 45.6 Å². The van der Waals surface area contributed by atoms with Crippen LogP contribution in [0.15, 0.2) is 54.6 Å². The van der Waals surface area contributed by atoms with E-state index in [0.717, 1.165) is 57.1 Å². The van der Waals surface area contributed by atoms with Crippen LogP contribution in [-0.4, -0.2) is 54.3 Å². The van der Waals surface area contributed by atoms with E-state index in [-0.39, 0.29) is 18.1 Å². The number of aliphatic carboxylic acids is 1. The van der Waals surface area contributed by atoms with E-state index in [1.54, 1.807) is 0 Å². The summed E-state index contributed by atoms with van der Waals surface area (Å²) in [5, 5.41) is 12.6. The number of aryl methyl sites for hydroxylation is 1. The van der Waals surface area contributed by atoms with E-state index >= 15 is 0 Å². The van der Waals surface area contributed by atoms with Crippen LogP contribution in [0.3, 0.4) is 0 Å². The molecule has 1 unspecified atom stereocenters. The number of imidazole rings is 1. The highest BCUT2D eigenvalue weighted by Crippen LogP contribution is 2.38. The van der Waals surface area contributed by atoms with Crippen LogP contribution < -0.4 is 14.8 Å². The molecule has 4 aromatic rings. The van der Waals surface area contributed by atoms with Gasteiger partial charge in [0.1, 0.15) is 32.7 Å². The van der Waals surface area contributed by atoms with Crippen LogP contribution in [-0.2, 0) is 27.6 Å². The Bertz CT molecular complexity index is 1700. The maximum atomic E-state index is 11.5. The lowest BCUT2D eigenvalue weighted by Gasteiger charge is -2.16. The molecule has 0 fully saturated rings. The Morgan fingerprint density at radius 2 is 2.00 bits per heavy atom. The molecular weight excluding hydrogens is 542 g/mol. The van der Waals surface area contributed by atoms with Crippen LogP contribution in [0.2, 0.25) is 0 Å². The van der Waals surface area contributed by atoms with Crippen molar-refractivity contribution in [1.82, 2.24) is 9.55 Å². The standard InChI is InChI=1S/C31H35N3O6S/c1-4-29-33-31-26(10-6-11-27(31)39-14-7-15-41(3,37)38)34(29)25-9-5-8-21(20(25)2)18-32-23-12-13-24-22(16-30(35)36)19-40-28(24)17-23/h5-6,8-13,17,22,32H,4,7,14-16,18-19H2,1-3H3,(H,35,36). The second kappa shape index (κ2) is 11.8. The lowest BCUT2D eigenvalue weighted by Crippen LogP contribution is -2.08. The van der Waals surface area contributed by atoms with Gasteiger partial charge in [-0.2, -0.15) is 0 Å². The first kappa shape index (κ1) is 28.5. The Kier molecular flexibility index (Phi) is 8.21. The predicted octanol–water partition coefficient (Wildman–Crippen LogP) is 5.27. The number of carboxylic acid groups (broad SMARTS) is 1. The maximum Gasteiger partial charge on any atom is 0.304 e. The molecule has 0 bridgehead atoms. The highest BCUT2D eigenvalue weighted by molar-refractivity contribution is 7.90. The van der Waals surface area contributed by atoms with E-state index in [1.165, 1.54) is 6.26 Å². The molecule has 0 aliphatic carbocycles. The molecule has 3 aromatic carbocycles. The number of carboxylic acids is 1. The molecule has 0 radical (unpaired) electrons. The number of fused-ring (bicyclic) bond motifs is 2. The molecule has 0 amide bonds. The Morgan fingerprint density at radius 1 is 1.20 bits per heavy atom. The zero-order valence-electron chi connectivity index (χ0n) is 23.5. The van der Waals surface area contributed by atoms with E-state index < -0.39 is 15.8 Å². The minimum absolute atomic E-state index is 0.0608. The number of aromatic nitrogens is 2. The van der Waals surface area contributed by atoms with Gasteiger partial charge in [-0.05, 0) is 48.7 Å². The molecule has 0 saturated heterocycles. The van der Waals surface area contributed by atoms with Gasteiger partial charge in [-0.3, -0.25) is 9.36 Å². The van der Waals surface area contributed by atoms with E-state index in [9.17, 15) is 13.2 Å². The number of sulfone groups is 1. The van der Waals surface area contributed by atoms with E-state index in [0.29, 0.717) is 31.9 Å². The summed E-state index contributed by atoms with van der Waals surface area (Å²) >= 11 is 0. The first-order valence-electron chi connectivity index (χ1n) is 13.8. The minimum atomic E-state index is -3.03. The van der Waals surface area contributed by atoms with Crippen LogP contribution in [0, 0.1) is 6.92 Å². The molecular formula is C31H35N3O6S. The molecule has 1 atom stereocenters. The second-order valence-corrected chi connectivity index (χ2v) is 12.7. The predicted molar refractivity (Wildman–Crippen MR) is 159 cm³/mol. The number of hydrogen-bond donors (Lipinski definition) is 2. The van der Waals surface area contributed by atoms with Crippen molar-refractivity contribution < 1.29 is 27.8 Å². The Morgan fingerprint density at radius 3 is 2.76 bits per heavy atom. The van der Waals surface area contributed by atoms with Crippen LogP contribution in [0.1, 0.15) is 48.2 Å². The summed E-state index contributed by atoms with van der Waals surface area (Å²) < 4.78 is 36.9. The third-order valence-electron chi connectivity index (χ3n) is 7.41. The van der Waals surface area contributed by atoms with Gasteiger partial charge in [-0.15, -0.1) is 0 Å². The SMILES string of the molecule is CCc1nc2c(OCCCS(C)(=O)=O)cccc2n1-c1cccc(CNc2ccc3c(c2)OCC3CC(=O)O)c1C. The summed E-state index contributed by atoms with van der Waals surface area (Å²) in [4.78, 5) is 16.1. The summed E-state index contributed by atoms with van der Waals surface area (Å²) in [6.45, 7) is 5.46.